The second-order valence-corrected chi connectivity index (χ2v) is 9.41. The van der Waals surface area contributed by atoms with Gasteiger partial charge in [-0.25, -0.2) is 0 Å². The molecule has 150 valence electrons. The van der Waals surface area contributed by atoms with Gasteiger partial charge >= 0.3 is 0 Å². The van der Waals surface area contributed by atoms with Crippen LogP contribution in [0.3, 0.4) is 0 Å². The highest BCUT2D eigenvalue weighted by molar-refractivity contribution is 9.10. The summed E-state index contributed by atoms with van der Waals surface area (Å²) < 4.78 is 6.57. The molecule has 1 fully saturated rings. The first kappa shape index (κ1) is 19.8. The number of nitrogens with zero attached hydrogens (tertiary/aromatic N) is 3. The van der Waals surface area contributed by atoms with Gasteiger partial charge in [-0.2, -0.15) is 4.98 Å². The van der Waals surface area contributed by atoms with E-state index in [0.29, 0.717) is 31.1 Å². The number of hydrogen-bond donors (Lipinski definition) is 0. The van der Waals surface area contributed by atoms with Crippen LogP contribution in [0, 0.1) is 0 Å². The molecule has 1 amide bonds. The average molecular weight is 454 g/mol. The van der Waals surface area contributed by atoms with Crippen molar-refractivity contribution in [1.29, 1.82) is 0 Å². The first-order valence-corrected chi connectivity index (χ1v) is 10.6. The summed E-state index contributed by atoms with van der Waals surface area (Å²) in [5.41, 5.74) is 3.33. The summed E-state index contributed by atoms with van der Waals surface area (Å²) in [5.74, 6) is 1.17. The monoisotopic (exact) mass is 453 g/mol. The zero-order chi connectivity index (χ0) is 20.6. The lowest BCUT2D eigenvalue weighted by Crippen LogP contribution is -2.27. The Hall–Kier alpha value is -2.47. The molecular weight excluding hydrogens is 430 g/mol. The highest BCUT2D eigenvalue weighted by Crippen LogP contribution is 2.34. The van der Waals surface area contributed by atoms with Crippen molar-refractivity contribution < 1.29 is 9.32 Å². The van der Waals surface area contributed by atoms with Gasteiger partial charge in [0.15, 0.2) is 0 Å². The van der Waals surface area contributed by atoms with Crippen LogP contribution in [0.2, 0.25) is 0 Å². The van der Waals surface area contributed by atoms with E-state index in [0.717, 1.165) is 15.6 Å². The smallest absolute Gasteiger partial charge is 0.249 e. The molecular formula is C23H24BrN3O2. The van der Waals surface area contributed by atoms with Crippen LogP contribution in [0.1, 0.15) is 56.7 Å². The predicted molar refractivity (Wildman–Crippen MR) is 115 cm³/mol. The number of hydrogen-bond acceptors (Lipinski definition) is 4. The van der Waals surface area contributed by atoms with E-state index in [1.807, 2.05) is 41.3 Å². The number of benzene rings is 2. The summed E-state index contributed by atoms with van der Waals surface area (Å²) in [6.07, 6.45) is 1.19. The molecule has 0 aliphatic carbocycles. The number of halogens is 1. The Morgan fingerprint density at radius 1 is 1.17 bits per heavy atom. The third kappa shape index (κ3) is 4.27. The van der Waals surface area contributed by atoms with Gasteiger partial charge in [0.1, 0.15) is 6.04 Å². The highest BCUT2D eigenvalue weighted by Gasteiger charge is 2.36. The molecule has 1 aromatic heterocycles. The van der Waals surface area contributed by atoms with Crippen molar-refractivity contribution in [3.05, 3.63) is 70.0 Å². The van der Waals surface area contributed by atoms with Crippen molar-refractivity contribution >= 4 is 21.8 Å². The van der Waals surface area contributed by atoms with E-state index >= 15 is 0 Å². The van der Waals surface area contributed by atoms with Gasteiger partial charge in [0, 0.05) is 23.0 Å². The molecule has 0 radical (unpaired) electrons. The molecule has 1 unspecified atom stereocenters. The molecule has 2 aromatic carbocycles. The van der Waals surface area contributed by atoms with E-state index in [4.69, 9.17) is 4.52 Å². The van der Waals surface area contributed by atoms with Crippen LogP contribution in [0.15, 0.2) is 57.5 Å². The molecule has 1 saturated heterocycles. The standard InChI is InChI=1S/C23H24BrN3O2/c1-23(2,3)17-9-7-16(8-10-17)21-25-22(29-26-21)19-11-12-20(28)27(19)14-15-5-4-6-18(24)13-15/h4-10,13,19H,11-12,14H2,1-3H3. The van der Waals surface area contributed by atoms with Gasteiger partial charge in [-0.05, 0) is 35.1 Å². The lowest BCUT2D eigenvalue weighted by atomic mass is 9.87. The van der Waals surface area contributed by atoms with Crippen LogP contribution in [-0.2, 0) is 16.8 Å². The largest absolute Gasteiger partial charge is 0.337 e. The molecule has 0 saturated carbocycles. The van der Waals surface area contributed by atoms with Crippen molar-refractivity contribution in [3.63, 3.8) is 0 Å². The second kappa shape index (κ2) is 7.75. The molecule has 29 heavy (non-hydrogen) atoms. The third-order valence-corrected chi connectivity index (χ3v) is 5.80. The molecule has 4 rings (SSSR count). The fourth-order valence-electron chi connectivity index (χ4n) is 3.63. The minimum Gasteiger partial charge on any atom is -0.337 e. The summed E-state index contributed by atoms with van der Waals surface area (Å²) in [4.78, 5) is 18.9. The summed E-state index contributed by atoms with van der Waals surface area (Å²) in [6.45, 7) is 7.09. The summed E-state index contributed by atoms with van der Waals surface area (Å²) in [6, 6.07) is 16.1. The van der Waals surface area contributed by atoms with E-state index in [2.05, 4.69) is 59.0 Å². The van der Waals surface area contributed by atoms with Crippen molar-refractivity contribution in [2.75, 3.05) is 0 Å². The molecule has 1 aliphatic rings. The first-order valence-electron chi connectivity index (χ1n) is 9.80. The third-order valence-electron chi connectivity index (χ3n) is 5.31. The van der Waals surface area contributed by atoms with Gasteiger partial charge in [0.2, 0.25) is 17.6 Å². The minimum atomic E-state index is -0.184. The van der Waals surface area contributed by atoms with E-state index < -0.39 is 0 Å². The SMILES string of the molecule is CC(C)(C)c1ccc(-c2noc(C3CCC(=O)N3Cc3cccc(Br)c3)n2)cc1. The maximum atomic E-state index is 12.5. The van der Waals surface area contributed by atoms with Crippen molar-refractivity contribution in [2.45, 2.75) is 51.6 Å². The number of likely N-dealkylation sites (tertiary alicyclic amines) is 1. The fourth-order valence-corrected chi connectivity index (χ4v) is 4.07. The molecule has 0 spiro atoms. The Kier molecular flexibility index (Phi) is 5.30. The van der Waals surface area contributed by atoms with E-state index in [9.17, 15) is 4.79 Å². The van der Waals surface area contributed by atoms with Crippen LogP contribution in [0.4, 0.5) is 0 Å². The summed E-state index contributed by atoms with van der Waals surface area (Å²) in [7, 11) is 0. The van der Waals surface area contributed by atoms with E-state index in [-0.39, 0.29) is 17.4 Å². The molecule has 0 N–H and O–H groups in total. The van der Waals surface area contributed by atoms with Crippen LogP contribution in [-0.4, -0.2) is 20.9 Å². The number of carbonyl (C=O) groups is 1. The Balaban J connectivity index is 1.55. The maximum absolute atomic E-state index is 12.5. The molecule has 0 bridgehead atoms. The fraction of sp³-hybridized carbons (Fsp3) is 0.348. The lowest BCUT2D eigenvalue weighted by Gasteiger charge is -2.22. The Labute approximate surface area is 179 Å². The molecule has 5 nitrogen and oxygen atoms in total. The van der Waals surface area contributed by atoms with Gasteiger partial charge < -0.3 is 9.42 Å². The Morgan fingerprint density at radius 2 is 1.93 bits per heavy atom. The zero-order valence-corrected chi connectivity index (χ0v) is 18.4. The van der Waals surface area contributed by atoms with Gasteiger partial charge in [0.05, 0.1) is 0 Å². The van der Waals surface area contributed by atoms with Crippen molar-refractivity contribution in [2.24, 2.45) is 0 Å². The first-order chi connectivity index (χ1) is 13.8. The quantitative estimate of drug-likeness (QED) is 0.511. The zero-order valence-electron chi connectivity index (χ0n) is 16.9. The summed E-state index contributed by atoms with van der Waals surface area (Å²) in [5, 5.41) is 4.17. The van der Waals surface area contributed by atoms with E-state index in [1.165, 1.54) is 5.56 Å². The van der Waals surface area contributed by atoms with Crippen LogP contribution >= 0.6 is 15.9 Å². The van der Waals surface area contributed by atoms with Gasteiger partial charge in [0.25, 0.3) is 0 Å². The van der Waals surface area contributed by atoms with Gasteiger partial charge in [-0.1, -0.05) is 78.3 Å². The van der Waals surface area contributed by atoms with Crippen molar-refractivity contribution in [3.8, 4) is 11.4 Å². The lowest BCUT2D eigenvalue weighted by molar-refractivity contribution is -0.129. The summed E-state index contributed by atoms with van der Waals surface area (Å²) >= 11 is 3.49. The Bertz CT molecular complexity index is 1020. The average Bonchev–Trinajstić information content (AvgIpc) is 3.29. The van der Waals surface area contributed by atoms with E-state index in [1.54, 1.807) is 0 Å². The van der Waals surface area contributed by atoms with Crippen LogP contribution < -0.4 is 0 Å². The second-order valence-electron chi connectivity index (χ2n) is 8.49. The molecule has 2 heterocycles. The minimum absolute atomic E-state index is 0.0953. The van der Waals surface area contributed by atoms with Gasteiger partial charge in [-0.15, -0.1) is 0 Å². The topological polar surface area (TPSA) is 59.2 Å². The highest BCUT2D eigenvalue weighted by atomic mass is 79.9. The van der Waals surface area contributed by atoms with Crippen molar-refractivity contribution in [1.82, 2.24) is 15.0 Å². The van der Waals surface area contributed by atoms with Gasteiger partial charge in [-0.3, -0.25) is 4.79 Å². The number of aromatic nitrogens is 2. The maximum Gasteiger partial charge on any atom is 0.249 e. The van der Waals surface area contributed by atoms with Crippen LogP contribution in [0.5, 0.6) is 0 Å². The number of rotatable bonds is 4. The molecule has 1 aliphatic heterocycles. The number of carbonyl (C=O) groups excluding carboxylic acids is 1. The Morgan fingerprint density at radius 3 is 2.62 bits per heavy atom. The predicted octanol–water partition coefficient (Wildman–Crippen LogP) is 5.66. The normalized spacial score (nSPS) is 17.2. The molecule has 1 atom stereocenters. The number of amides is 1. The molecule has 3 aromatic rings. The van der Waals surface area contributed by atoms with Crippen LogP contribution in [0.25, 0.3) is 11.4 Å². The molecule has 6 heteroatoms.